The van der Waals surface area contributed by atoms with Gasteiger partial charge >= 0.3 is 147 Å². The first-order valence-electron chi connectivity index (χ1n) is 8.67. The summed E-state index contributed by atoms with van der Waals surface area (Å²) in [5, 5.41) is 21.1. The van der Waals surface area contributed by atoms with Gasteiger partial charge < -0.3 is 0 Å². The third-order valence-electron chi connectivity index (χ3n) is 3.91. The first kappa shape index (κ1) is 22.2. The summed E-state index contributed by atoms with van der Waals surface area (Å²) in [5.41, 5.74) is 2.79. The van der Waals surface area contributed by atoms with Crippen LogP contribution in [0.2, 0.25) is 5.32 Å². The second-order valence-corrected chi connectivity index (χ2v) is 11.2. The summed E-state index contributed by atoms with van der Waals surface area (Å²) in [7, 11) is -3.41. The molecule has 2 heterocycles. The molecule has 29 heavy (non-hydrogen) atoms. The SMILES string of the molecule is CC[Se]c1ccc(N=C(NO)c2nonc2NCCN2CCNS2(=O)=O)cc1Br. The molecule has 4 N–H and O–H groups in total. The van der Waals surface area contributed by atoms with Gasteiger partial charge in [-0.05, 0) is 0 Å². The van der Waals surface area contributed by atoms with Crippen molar-refractivity contribution in [1.82, 2.24) is 24.8 Å². The van der Waals surface area contributed by atoms with Crippen molar-refractivity contribution in [1.29, 1.82) is 0 Å². The normalized spacial score (nSPS) is 16.9. The van der Waals surface area contributed by atoms with Crippen LogP contribution in [0.15, 0.2) is 32.3 Å². The quantitative estimate of drug-likeness (QED) is 0.157. The van der Waals surface area contributed by atoms with Gasteiger partial charge in [0, 0.05) is 13.1 Å². The van der Waals surface area contributed by atoms with Gasteiger partial charge in [0.05, 0.1) is 0 Å². The van der Waals surface area contributed by atoms with E-state index in [1.165, 1.54) is 8.77 Å². The summed E-state index contributed by atoms with van der Waals surface area (Å²) < 4.78 is 34.2. The standard InChI is InChI=1S/C15H20BrN7O4SSe/c1-2-29-12-4-3-10(9-11(12)16)19-15(20-24)13-14(22-27-21-13)17-5-7-23-8-6-18-28(23,25)26/h3-4,9,18,24H,2,5-8H2,1H3,(H,17,22)(H,19,20). The summed E-state index contributed by atoms with van der Waals surface area (Å²) in [6.45, 7) is 3.45. The van der Waals surface area contributed by atoms with E-state index in [0.717, 1.165) is 9.79 Å². The van der Waals surface area contributed by atoms with Crippen molar-refractivity contribution in [3.8, 4) is 0 Å². The maximum atomic E-state index is 11.7. The van der Waals surface area contributed by atoms with E-state index in [1.54, 1.807) is 0 Å². The van der Waals surface area contributed by atoms with Crippen molar-refractivity contribution in [2.24, 2.45) is 4.99 Å². The van der Waals surface area contributed by atoms with Crippen LogP contribution >= 0.6 is 15.9 Å². The maximum absolute atomic E-state index is 11.7. The summed E-state index contributed by atoms with van der Waals surface area (Å²) in [6.07, 6.45) is 0. The molecule has 0 unspecified atom stereocenters. The van der Waals surface area contributed by atoms with Crippen LogP contribution in [-0.2, 0) is 10.2 Å². The number of hydrogen-bond acceptors (Lipinski definition) is 8. The second-order valence-electron chi connectivity index (χ2n) is 5.81. The first-order valence-corrected chi connectivity index (χ1v) is 13.0. The zero-order chi connectivity index (χ0) is 20.9. The van der Waals surface area contributed by atoms with Gasteiger partial charge in [0.15, 0.2) is 0 Å². The van der Waals surface area contributed by atoms with Crippen molar-refractivity contribution >= 4 is 62.9 Å². The summed E-state index contributed by atoms with van der Waals surface area (Å²) in [6, 6.07) is 5.70. The number of aliphatic imine (C=N–C) groups is 1. The molecular formula is C15H20BrN7O4SSe. The van der Waals surface area contributed by atoms with Crippen LogP contribution in [0.3, 0.4) is 0 Å². The monoisotopic (exact) mass is 553 g/mol. The van der Waals surface area contributed by atoms with Gasteiger partial charge in [-0.15, -0.1) is 0 Å². The zero-order valence-electron chi connectivity index (χ0n) is 15.4. The number of nitrogens with zero attached hydrogens (tertiary/aromatic N) is 4. The van der Waals surface area contributed by atoms with Crippen molar-refractivity contribution < 1.29 is 18.3 Å². The van der Waals surface area contributed by atoms with Gasteiger partial charge in [0.2, 0.25) is 0 Å². The molecule has 1 aliphatic rings. The minimum absolute atomic E-state index is 0.0462. The fourth-order valence-electron chi connectivity index (χ4n) is 2.59. The number of hydroxylamine groups is 1. The van der Waals surface area contributed by atoms with Crippen LogP contribution in [0.4, 0.5) is 11.5 Å². The average Bonchev–Trinajstić information content (AvgIpc) is 3.28. The molecule has 1 fully saturated rings. The molecule has 0 saturated carbocycles. The van der Waals surface area contributed by atoms with E-state index in [0.29, 0.717) is 33.7 Å². The van der Waals surface area contributed by atoms with Crippen LogP contribution in [0.1, 0.15) is 12.6 Å². The van der Waals surface area contributed by atoms with Crippen molar-refractivity contribution in [2.75, 3.05) is 31.5 Å². The Hall–Kier alpha value is -1.54. The van der Waals surface area contributed by atoms with Gasteiger partial charge in [-0.3, -0.25) is 0 Å². The molecule has 1 aliphatic heterocycles. The Morgan fingerprint density at radius 1 is 1.48 bits per heavy atom. The van der Waals surface area contributed by atoms with E-state index >= 15 is 0 Å². The number of amidine groups is 1. The van der Waals surface area contributed by atoms with Crippen LogP contribution in [0.25, 0.3) is 0 Å². The van der Waals surface area contributed by atoms with Gasteiger partial charge in [0.1, 0.15) is 0 Å². The molecule has 1 saturated heterocycles. The fraction of sp³-hybridized carbons (Fsp3) is 0.400. The number of halogens is 1. The molecular weight excluding hydrogens is 533 g/mol. The molecule has 0 bridgehead atoms. The molecule has 0 atom stereocenters. The van der Waals surface area contributed by atoms with Gasteiger partial charge in [0.25, 0.3) is 10.2 Å². The van der Waals surface area contributed by atoms with Crippen LogP contribution in [0.5, 0.6) is 0 Å². The number of anilines is 1. The van der Waals surface area contributed by atoms with E-state index < -0.39 is 10.2 Å². The molecule has 0 radical (unpaired) electrons. The number of hydrogen-bond donors (Lipinski definition) is 4. The van der Waals surface area contributed by atoms with Crippen molar-refractivity contribution in [3.05, 3.63) is 28.4 Å². The number of nitrogens with one attached hydrogen (secondary N) is 3. The first-order chi connectivity index (χ1) is 13.9. The molecule has 3 rings (SSSR count). The van der Waals surface area contributed by atoms with Gasteiger partial charge in [-0.1, -0.05) is 0 Å². The third-order valence-corrected chi connectivity index (χ3v) is 8.78. The van der Waals surface area contributed by atoms with Crippen molar-refractivity contribution in [2.45, 2.75) is 12.2 Å². The van der Waals surface area contributed by atoms with Crippen LogP contribution in [0, 0.1) is 0 Å². The van der Waals surface area contributed by atoms with Gasteiger partial charge in [-0.2, -0.15) is 8.42 Å². The topological polar surface area (TPSA) is 145 Å². The van der Waals surface area contributed by atoms with Crippen LogP contribution in [-0.4, -0.2) is 75.2 Å². The predicted molar refractivity (Wildman–Crippen MR) is 112 cm³/mol. The Bertz CT molecular complexity index is 985. The summed E-state index contributed by atoms with van der Waals surface area (Å²) in [5.74, 6) is 0.282. The Balaban J connectivity index is 1.71. The molecule has 1 aromatic carbocycles. The molecule has 0 aliphatic carbocycles. The van der Waals surface area contributed by atoms with E-state index in [-0.39, 0.29) is 30.4 Å². The fourth-order valence-corrected chi connectivity index (χ4v) is 6.16. The Labute approximate surface area is 182 Å². The number of benzene rings is 1. The Kier molecular flexibility index (Phi) is 7.62. The molecule has 2 aromatic rings. The molecule has 14 heteroatoms. The zero-order valence-corrected chi connectivity index (χ0v) is 19.5. The second kappa shape index (κ2) is 9.98. The summed E-state index contributed by atoms with van der Waals surface area (Å²) >= 11 is 3.92. The minimum atomic E-state index is -3.41. The van der Waals surface area contributed by atoms with E-state index in [4.69, 9.17) is 4.63 Å². The molecule has 0 spiro atoms. The van der Waals surface area contributed by atoms with Crippen LogP contribution < -0.4 is 20.0 Å². The molecule has 11 nitrogen and oxygen atoms in total. The molecule has 1 aromatic heterocycles. The van der Waals surface area contributed by atoms with Crippen molar-refractivity contribution in [3.63, 3.8) is 0 Å². The Morgan fingerprint density at radius 3 is 2.97 bits per heavy atom. The van der Waals surface area contributed by atoms with E-state index in [2.05, 4.69) is 48.2 Å². The average molecular weight is 553 g/mol. The van der Waals surface area contributed by atoms with Gasteiger partial charge in [-0.25, -0.2) is 4.72 Å². The molecule has 0 amide bonds. The molecule has 158 valence electrons. The number of rotatable bonds is 8. The van der Waals surface area contributed by atoms with E-state index in [1.807, 2.05) is 23.7 Å². The summed E-state index contributed by atoms with van der Waals surface area (Å²) in [4.78, 5) is 4.36. The predicted octanol–water partition coefficient (Wildman–Crippen LogP) is 0.219. The van der Waals surface area contributed by atoms with E-state index in [9.17, 15) is 13.6 Å². The Morgan fingerprint density at radius 2 is 2.31 bits per heavy atom. The third kappa shape index (κ3) is 5.54. The number of aromatic nitrogens is 2.